The number of carbonyl (C=O) groups excluding carboxylic acids is 2. The summed E-state index contributed by atoms with van der Waals surface area (Å²) in [5.74, 6) is -1.05. The summed E-state index contributed by atoms with van der Waals surface area (Å²) in [7, 11) is 0. The average Bonchev–Trinajstić information content (AvgIpc) is 3.04. The van der Waals surface area contributed by atoms with Crippen LogP contribution in [0, 0.1) is 10.1 Å². The summed E-state index contributed by atoms with van der Waals surface area (Å²) in [6.45, 7) is -0.351. The van der Waals surface area contributed by atoms with Crippen LogP contribution >= 0.6 is 0 Å². The number of nitrogens with zero attached hydrogens (tertiary/aromatic N) is 1. The number of carbonyl (C=O) groups is 2. The fourth-order valence-corrected chi connectivity index (χ4v) is 2.48. The van der Waals surface area contributed by atoms with Gasteiger partial charge in [-0.25, -0.2) is 4.79 Å². The molecule has 0 unspecified atom stereocenters. The van der Waals surface area contributed by atoms with Crippen molar-refractivity contribution in [2.24, 2.45) is 0 Å². The smallest absolute Gasteiger partial charge is 0.331 e. The lowest BCUT2D eigenvalue weighted by Crippen LogP contribution is -2.35. The van der Waals surface area contributed by atoms with Crippen molar-refractivity contribution in [3.05, 3.63) is 46.0 Å². The van der Waals surface area contributed by atoms with E-state index in [1.165, 1.54) is 18.2 Å². The first-order valence-electron chi connectivity index (χ1n) is 7.44. The van der Waals surface area contributed by atoms with Crippen molar-refractivity contribution in [2.45, 2.75) is 31.7 Å². The first-order valence-corrected chi connectivity index (χ1v) is 7.44. The molecular weight excluding hydrogens is 300 g/mol. The number of benzene rings is 1. The number of rotatable bonds is 6. The third-order valence-electron chi connectivity index (χ3n) is 3.60. The first-order chi connectivity index (χ1) is 11.1. The molecule has 7 nitrogen and oxygen atoms in total. The van der Waals surface area contributed by atoms with Crippen molar-refractivity contribution >= 4 is 23.6 Å². The lowest BCUT2D eigenvalue weighted by atomic mass is 10.1. The Bertz CT molecular complexity index is 621. The third kappa shape index (κ3) is 5.21. The predicted octanol–water partition coefficient (Wildman–Crippen LogP) is 2.21. The number of hydrogen-bond donors (Lipinski definition) is 1. The Balaban J connectivity index is 1.82. The predicted molar refractivity (Wildman–Crippen MR) is 83.5 cm³/mol. The quantitative estimate of drug-likeness (QED) is 0.375. The zero-order valence-electron chi connectivity index (χ0n) is 12.6. The second kappa shape index (κ2) is 8.07. The maximum absolute atomic E-state index is 11.6. The van der Waals surface area contributed by atoms with Gasteiger partial charge in [0.1, 0.15) is 0 Å². The fourth-order valence-electron chi connectivity index (χ4n) is 2.48. The van der Waals surface area contributed by atoms with Crippen molar-refractivity contribution in [3.8, 4) is 0 Å². The van der Waals surface area contributed by atoms with Crippen LogP contribution in [0.2, 0.25) is 0 Å². The first kappa shape index (κ1) is 16.7. The SMILES string of the molecule is O=C(COC(=O)/C=C/c1ccccc1[N+](=O)[O-])NC1CCCC1. The molecule has 0 heterocycles. The zero-order valence-corrected chi connectivity index (χ0v) is 12.6. The second-order valence-electron chi connectivity index (χ2n) is 5.31. The largest absolute Gasteiger partial charge is 0.452 e. The molecule has 1 aromatic carbocycles. The number of amides is 1. The van der Waals surface area contributed by atoms with E-state index in [0.717, 1.165) is 31.8 Å². The summed E-state index contributed by atoms with van der Waals surface area (Å²) >= 11 is 0. The third-order valence-corrected chi connectivity index (χ3v) is 3.60. The normalized spacial score (nSPS) is 14.8. The van der Waals surface area contributed by atoms with Crippen molar-refractivity contribution in [2.75, 3.05) is 6.61 Å². The van der Waals surface area contributed by atoms with Gasteiger partial charge in [0.25, 0.3) is 11.6 Å². The Hall–Kier alpha value is -2.70. The molecule has 2 rings (SSSR count). The molecule has 23 heavy (non-hydrogen) atoms. The molecule has 1 aromatic rings. The van der Waals surface area contributed by atoms with E-state index in [-0.39, 0.29) is 24.2 Å². The monoisotopic (exact) mass is 318 g/mol. The molecule has 0 spiro atoms. The van der Waals surface area contributed by atoms with E-state index >= 15 is 0 Å². The topological polar surface area (TPSA) is 98.5 Å². The second-order valence-corrected chi connectivity index (χ2v) is 5.31. The minimum absolute atomic E-state index is 0.101. The molecule has 0 aliphatic heterocycles. The molecule has 1 saturated carbocycles. The van der Waals surface area contributed by atoms with E-state index in [9.17, 15) is 19.7 Å². The molecule has 0 saturated heterocycles. The fraction of sp³-hybridized carbons (Fsp3) is 0.375. The molecular formula is C16H18N2O5. The van der Waals surface area contributed by atoms with Gasteiger partial charge in [-0.05, 0) is 25.0 Å². The van der Waals surface area contributed by atoms with Crippen molar-refractivity contribution in [3.63, 3.8) is 0 Å². The lowest BCUT2D eigenvalue weighted by molar-refractivity contribution is -0.385. The number of nitro groups is 1. The van der Waals surface area contributed by atoms with Gasteiger partial charge in [0.05, 0.1) is 10.5 Å². The molecule has 0 aromatic heterocycles. The van der Waals surface area contributed by atoms with Gasteiger partial charge in [0, 0.05) is 18.2 Å². The van der Waals surface area contributed by atoms with E-state index in [1.54, 1.807) is 12.1 Å². The van der Waals surface area contributed by atoms with Gasteiger partial charge >= 0.3 is 5.97 Å². The molecule has 0 atom stereocenters. The van der Waals surface area contributed by atoms with Crippen molar-refractivity contribution < 1.29 is 19.2 Å². The van der Waals surface area contributed by atoms with E-state index in [4.69, 9.17) is 4.74 Å². The number of nitrogens with one attached hydrogen (secondary N) is 1. The maximum atomic E-state index is 11.6. The van der Waals surface area contributed by atoms with Crippen LogP contribution in [0.3, 0.4) is 0 Å². The molecule has 0 radical (unpaired) electrons. The summed E-state index contributed by atoms with van der Waals surface area (Å²) < 4.78 is 4.83. The molecule has 1 amide bonds. The van der Waals surface area contributed by atoms with Gasteiger partial charge in [-0.3, -0.25) is 14.9 Å². The van der Waals surface area contributed by atoms with Crippen LogP contribution in [0.4, 0.5) is 5.69 Å². The molecule has 1 fully saturated rings. The van der Waals surface area contributed by atoms with Crippen LogP contribution in [0.25, 0.3) is 6.08 Å². The van der Waals surface area contributed by atoms with E-state index in [0.29, 0.717) is 5.56 Å². The Morgan fingerprint density at radius 1 is 1.30 bits per heavy atom. The highest BCUT2D eigenvalue weighted by atomic mass is 16.6. The molecule has 0 bridgehead atoms. The standard InChI is InChI=1S/C16H18N2O5/c19-15(17-13-6-2-3-7-13)11-23-16(20)10-9-12-5-1-4-8-14(12)18(21)22/h1,4-5,8-10,13H,2-3,6-7,11H2,(H,17,19)/b10-9+. The van der Waals surface area contributed by atoms with Gasteiger partial charge in [-0.15, -0.1) is 0 Å². The minimum atomic E-state index is -0.718. The highest BCUT2D eigenvalue weighted by molar-refractivity contribution is 5.89. The zero-order chi connectivity index (χ0) is 16.7. The van der Waals surface area contributed by atoms with Gasteiger partial charge in [-0.2, -0.15) is 0 Å². The molecule has 1 aliphatic rings. The van der Waals surface area contributed by atoms with Crippen LogP contribution in [0.1, 0.15) is 31.2 Å². The van der Waals surface area contributed by atoms with Gasteiger partial charge < -0.3 is 10.1 Å². The molecule has 122 valence electrons. The number of ether oxygens (including phenoxy) is 1. The van der Waals surface area contributed by atoms with Crippen LogP contribution < -0.4 is 5.32 Å². The average molecular weight is 318 g/mol. The van der Waals surface area contributed by atoms with Gasteiger partial charge in [0.2, 0.25) is 0 Å². The summed E-state index contributed by atoms with van der Waals surface area (Å²) in [6, 6.07) is 6.21. The van der Waals surface area contributed by atoms with Gasteiger partial charge in [0.15, 0.2) is 6.61 Å². The van der Waals surface area contributed by atoms with Crippen molar-refractivity contribution in [1.29, 1.82) is 0 Å². The van der Waals surface area contributed by atoms with Crippen LogP contribution in [-0.2, 0) is 14.3 Å². The Morgan fingerprint density at radius 3 is 2.70 bits per heavy atom. The molecule has 1 N–H and O–H groups in total. The number of para-hydroxylation sites is 1. The van der Waals surface area contributed by atoms with Crippen LogP contribution in [-0.4, -0.2) is 29.4 Å². The summed E-state index contributed by atoms with van der Waals surface area (Å²) in [5.41, 5.74) is 0.195. The van der Waals surface area contributed by atoms with Crippen LogP contribution in [0.5, 0.6) is 0 Å². The summed E-state index contributed by atoms with van der Waals surface area (Å²) in [4.78, 5) is 33.5. The van der Waals surface area contributed by atoms with Crippen LogP contribution in [0.15, 0.2) is 30.3 Å². The number of hydrogen-bond acceptors (Lipinski definition) is 5. The van der Waals surface area contributed by atoms with E-state index < -0.39 is 10.9 Å². The Kier molecular flexibility index (Phi) is 5.85. The lowest BCUT2D eigenvalue weighted by Gasteiger charge is -2.11. The highest BCUT2D eigenvalue weighted by Crippen LogP contribution is 2.19. The van der Waals surface area contributed by atoms with Crippen molar-refractivity contribution in [1.82, 2.24) is 5.32 Å². The number of nitro benzene ring substituents is 1. The molecule has 7 heteroatoms. The Morgan fingerprint density at radius 2 is 2.00 bits per heavy atom. The summed E-state index contributed by atoms with van der Waals surface area (Å²) in [5, 5.41) is 13.7. The maximum Gasteiger partial charge on any atom is 0.331 e. The van der Waals surface area contributed by atoms with Gasteiger partial charge in [-0.1, -0.05) is 25.0 Å². The summed E-state index contributed by atoms with van der Waals surface area (Å²) in [6.07, 6.45) is 6.49. The Labute approximate surface area is 133 Å². The minimum Gasteiger partial charge on any atom is -0.452 e. The van der Waals surface area contributed by atoms with E-state index in [1.807, 2.05) is 0 Å². The molecule has 1 aliphatic carbocycles. The van der Waals surface area contributed by atoms with E-state index in [2.05, 4.69) is 5.32 Å². The highest BCUT2D eigenvalue weighted by Gasteiger charge is 2.17. The number of esters is 1.